The fourth-order valence-corrected chi connectivity index (χ4v) is 5.21. The summed E-state index contributed by atoms with van der Waals surface area (Å²) in [6.45, 7) is 4.95. The molecule has 0 aliphatic carbocycles. The highest BCUT2D eigenvalue weighted by molar-refractivity contribution is 5.94. The maximum absolute atomic E-state index is 13.5. The number of amides is 2. The Morgan fingerprint density at radius 2 is 1.86 bits per heavy atom. The van der Waals surface area contributed by atoms with Crippen LogP contribution in [0.2, 0.25) is 0 Å². The van der Waals surface area contributed by atoms with Crippen molar-refractivity contribution >= 4 is 40.5 Å². The monoisotopic (exact) mass is 614 g/mol. The molecule has 44 heavy (non-hydrogen) atoms. The largest absolute Gasteiger partial charge is 0.455 e. The van der Waals surface area contributed by atoms with E-state index in [2.05, 4.69) is 15.5 Å². The minimum atomic E-state index is -3.17. The Balaban J connectivity index is 1.72. The fraction of sp³-hybridized carbons (Fsp3) is 0.531. The van der Waals surface area contributed by atoms with Gasteiger partial charge in [0.25, 0.3) is 5.91 Å². The summed E-state index contributed by atoms with van der Waals surface area (Å²) in [6, 6.07) is 6.98. The number of allylic oxidation sites excluding steroid dienone is 1. The van der Waals surface area contributed by atoms with E-state index in [4.69, 9.17) is 9.72 Å². The summed E-state index contributed by atoms with van der Waals surface area (Å²) in [4.78, 5) is 58.3. The first kappa shape index (κ1) is 33.1. The van der Waals surface area contributed by atoms with Crippen LogP contribution in [0.4, 0.5) is 8.78 Å². The molecular formula is C32H40F2N4O6. The number of Topliss-reactive ketones (excluding diaryl/α,β-unsaturated/α-hetero) is 1. The number of hydrazine groups is 1. The molecule has 2 N–H and O–H groups in total. The van der Waals surface area contributed by atoms with E-state index >= 15 is 0 Å². The normalized spacial score (nSPS) is 26.2. The van der Waals surface area contributed by atoms with E-state index in [-0.39, 0.29) is 24.7 Å². The van der Waals surface area contributed by atoms with Crippen LogP contribution < -0.4 is 10.7 Å². The van der Waals surface area contributed by atoms with Gasteiger partial charge >= 0.3 is 12.6 Å². The number of hydrogen-bond donors (Lipinski definition) is 2. The van der Waals surface area contributed by atoms with Crippen LogP contribution in [0, 0.1) is 17.3 Å². The summed E-state index contributed by atoms with van der Waals surface area (Å²) in [5.74, 6) is -3.34. The zero-order valence-corrected chi connectivity index (χ0v) is 25.6. The van der Waals surface area contributed by atoms with E-state index in [1.165, 1.54) is 0 Å². The van der Waals surface area contributed by atoms with Crippen molar-refractivity contribution < 1.29 is 37.4 Å². The number of carbonyl (C=O) groups excluding carboxylic acids is 4. The molecule has 2 aliphatic rings. The number of alkyl halides is 2. The Kier molecular flexibility index (Phi) is 10.5. The Morgan fingerprint density at radius 1 is 1.14 bits per heavy atom. The van der Waals surface area contributed by atoms with Crippen LogP contribution >= 0.6 is 0 Å². The van der Waals surface area contributed by atoms with Gasteiger partial charge in [-0.3, -0.25) is 24.2 Å². The first-order valence-corrected chi connectivity index (χ1v) is 14.9. The topological polar surface area (TPSA) is 127 Å². The van der Waals surface area contributed by atoms with Crippen molar-refractivity contribution in [3.8, 4) is 0 Å². The zero-order valence-electron chi connectivity index (χ0n) is 25.6. The molecule has 0 saturated carbocycles. The molecule has 0 unspecified atom stereocenters. The molecule has 1 aromatic heterocycles. The number of fused-ring (bicyclic) bond motifs is 4. The van der Waals surface area contributed by atoms with Gasteiger partial charge in [-0.05, 0) is 57.2 Å². The third kappa shape index (κ3) is 8.03. The second kappa shape index (κ2) is 13.9. The van der Waals surface area contributed by atoms with E-state index in [0.29, 0.717) is 24.1 Å². The standard InChI is InChI=1S/C32H40F2N4O6/c1-18(2)22-16-27(39)32(4,5)13-12-20-8-9-21-10-11-23(35-25(21)15-20)19(3)44-30(42)24-7-6-14-38(37-24)29(41)26(36-28(22)40)17-43-31(33)34/h8-13,15,18-19,22,24,26,31,37H,6-7,14,16-17H2,1-5H3,(H,36,40)/b13-12+/t19-,22+,24+,26+/m1/s1. The summed E-state index contributed by atoms with van der Waals surface area (Å²) in [5, 5.41) is 4.55. The molecule has 2 amide bonds. The predicted octanol–water partition coefficient (Wildman–Crippen LogP) is 4.34. The van der Waals surface area contributed by atoms with Crippen molar-refractivity contribution in [2.75, 3.05) is 13.2 Å². The molecule has 12 heteroatoms. The Labute approximate surface area is 255 Å². The van der Waals surface area contributed by atoms with Gasteiger partial charge in [-0.25, -0.2) is 10.4 Å². The number of nitrogens with zero attached hydrogens (tertiary/aromatic N) is 2. The average molecular weight is 615 g/mol. The van der Waals surface area contributed by atoms with Crippen molar-refractivity contribution in [3.05, 3.63) is 47.7 Å². The van der Waals surface area contributed by atoms with Crippen LogP contribution in [-0.4, -0.2) is 65.4 Å². The Bertz CT molecular complexity index is 1430. The highest BCUT2D eigenvalue weighted by Crippen LogP contribution is 2.28. The summed E-state index contributed by atoms with van der Waals surface area (Å²) in [5.41, 5.74) is 3.91. The summed E-state index contributed by atoms with van der Waals surface area (Å²) in [6.07, 6.45) is 3.54. The molecule has 1 aromatic carbocycles. The van der Waals surface area contributed by atoms with Gasteiger partial charge in [0.2, 0.25) is 5.91 Å². The molecule has 4 rings (SSSR count). The number of hydrogen-bond acceptors (Lipinski definition) is 8. The number of rotatable bonds is 4. The lowest BCUT2D eigenvalue weighted by Gasteiger charge is -2.35. The first-order chi connectivity index (χ1) is 20.7. The molecule has 2 aliphatic heterocycles. The lowest BCUT2D eigenvalue weighted by molar-refractivity contribution is -0.161. The van der Waals surface area contributed by atoms with Gasteiger partial charge in [0, 0.05) is 29.7 Å². The average Bonchev–Trinajstić information content (AvgIpc) is 2.99. The highest BCUT2D eigenvalue weighted by atomic mass is 19.3. The minimum absolute atomic E-state index is 0.131. The molecule has 4 atom stereocenters. The third-order valence-electron chi connectivity index (χ3n) is 8.15. The lowest BCUT2D eigenvalue weighted by Crippen LogP contribution is -2.61. The smallest absolute Gasteiger partial charge is 0.345 e. The number of cyclic esters (lactones) is 1. The van der Waals surface area contributed by atoms with E-state index in [1.54, 1.807) is 46.8 Å². The molecule has 0 radical (unpaired) electrons. The second-order valence-electron chi connectivity index (χ2n) is 12.3. The highest BCUT2D eigenvalue weighted by Gasteiger charge is 2.37. The third-order valence-corrected chi connectivity index (χ3v) is 8.15. The zero-order chi connectivity index (χ0) is 32.2. The van der Waals surface area contributed by atoms with E-state index < -0.39 is 60.5 Å². The van der Waals surface area contributed by atoms with Crippen molar-refractivity contribution in [1.29, 1.82) is 0 Å². The van der Waals surface area contributed by atoms with Crippen LogP contribution in [0.15, 0.2) is 36.4 Å². The molecule has 1 saturated heterocycles. The molecular weight excluding hydrogens is 574 g/mol. The van der Waals surface area contributed by atoms with Gasteiger partial charge in [-0.15, -0.1) is 0 Å². The number of carbonyl (C=O) groups is 4. The van der Waals surface area contributed by atoms with Crippen molar-refractivity contribution in [1.82, 2.24) is 20.7 Å². The quantitative estimate of drug-likeness (QED) is 0.487. The maximum atomic E-state index is 13.5. The van der Waals surface area contributed by atoms with Gasteiger partial charge in [-0.2, -0.15) is 8.78 Å². The molecule has 0 spiro atoms. The predicted molar refractivity (Wildman–Crippen MR) is 159 cm³/mol. The van der Waals surface area contributed by atoms with E-state index in [1.807, 2.05) is 30.3 Å². The fourth-order valence-electron chi connectivity index (χ4n) is 5.21. The number of nitrogens with one attached hydrogen (secondary N) is 2. The van der Waals surface area contributed by atoms with Crippen LogP contribution in [0.3, 0.4) is 0 Å². The van der Waals surface area contributed by atoms with Gasteiger partial charge in [0.05, 0.1) is 17.8 Å². The van der Waals surface area contributed by atoms with Crippen LogP contribution in [-0.2, 0) is 28.7 Å². The van der Waals surface area contributed by atoms with Crippen molar-refractivity contribution in [2.45, 2.75) is 78.7 Å². The van der Waals surface area contributed by atoms with Gasteiger partial charge in [0.15, 0.2) is 0 Å². The summed E-state index contributed by atoms with van der Waals surface area (Å²) in [7, 11) is 0. The maximum Gasteiger partial charge on any atom is 0.345 e. The van der Waals surface area contributed by atoms with Crippen molar-refractivity contribution in [3.63, 3.8) is 0 Å². The van der Waals surface area contributed by atoms with E-state index in [9.17, 15) is 28.0 Å². The number of esters is 1. The molecule has 238 valence electrons. The number of ether oxygens (including phenoxy) is 2. The first-order valence-electron chi connectivity index (χ1n) is 14.9. The van der Waals surface area contributed by atoms with Crippen LogP contribution in [0.5, 0.6) is 0 Å². The summed E-state index contributed by atoms with van der Waals surface area (Å²) < 4.78 is 36.2. The molecule has 10 nitrogen and oxygen atoms in total. The van der Waals surface area contributed by atoms with Gasteiger partial charge in [-0.1, -0.05) is 44.2 Å². The lowest BCUT2D eigenvalue weighted by atomic mass is 9.79. The number of ketones is 1. The number of halogens is 2. The second-order valence-corrected chi connectivity index (χ2v) is 12.3. The number of pyridine rings is 1. The SMILES string of the molecule is CC(C)[C@@H]1CC(=O)C(C)(C)/C=C/c2ccc3ccc(nc3c2)[C@@H](C)OC(=O)[C@@H]2CCCN(N2)C(=O)[C@H](COC(F)F)NC1=O. The molecule has 1 fully saturated rings. The summed E-state index contributed by atoms with van der Waals surface area (Å²) >= 11 is 0. The van der Waals surface area contributed by atoms with Gasteiger partial charge in [0.1, 0.15) is 24.0 Å². The van der Waals surface area contributed by atoms with Gasteiger partial charge < -0.3 is 14.8 Å². The van der Waals surface area contributed by atoms with Crippen LogP contribution in [0.1, 0.15) is 71.2 Å². The van der Waals surface area contributed by atoms with Crippen molar-refractivity contribution in [2.24, 2.45) is 17.3 Å². The Hall–Kier alpha value is -3.77. The van der Waals surface area contributed by atoms with E-state index in [0.717, 1.165) is 16.0 Å². The number of aromatic nitrogens is 1. The molecule has 3 heterocycles. The number of benzene rings is 1. The molecule has 2 aromatic rings. The van der Waals surface area contributed by atoms with Crippen LogP contribution in [0.25, 0.3) is 17.0 Å². The molecule has 5 bridgehead atoms. The minimum Gasteiger partial charge on any atom is -0.455 e. The Morgan fingerprint density at radius 3 is 2.57 bits per heavy atom.